The number of hydrogen-bond donors (Lipinski definition) is 3. The number of morpholine rings is 1. The Bertz CT molecular complexity index is 1200. The van der Waals surface area contributed by atoms with E-state index in [0.717, 1.165) is 49.4 Å². The summed E-state index contributed by atoms with van der Waals surface area (Å²) in [6.45, 7) is 8.53. The van der Waals surface area contributed by atoms with Gasteiger partial charge in [-0.3, -0.25) is 24.8 Å². The third-order valence-corrected chi connectivity index (χ3v) is 8.67. The molecule has 3 aliphatic rings. The van der Waals surface area contributed by atoms with Crippen molar-refractivity contribution in [3.05, 3.63) is 65.2 Å². The summed E-state index contributed by atoms with van der Waals surface area (Å²) in [5.41, 5.74) is 1.99. The van der Waals surface area contributed by atoms with Gasteiger partial charge in [-0.2, -0.15) is 0 Å². The highest BCUT2D eigenvalue weighted by molar-refractivity contribution is 6.00. The molecule has 1 unspecified atom stereocenters. The second-order valence-electron chi connectivity index (χ2n) is 11.0. The first-order chi connectivity index (χ1) is 19.4. The number of guanidine groups is 1. The molecule has 2 saturated heterocycles. The van der Waals surface area contributed by atoms with Gasteiger partial charge in [0.25, 0.3) is 5.91 Å². The number of rotatable bonds is 9. The molecule has 9 heteroatoms. The average molecular weight is 548 g/mol. The van der Waals surface area contributed by atoms with Crippen LogP contribution in [0.2, 0.25) is 0 Å². The van der Waals surface area contributed by atoms with E-state index in [0.29, 0.717) is 44.6 Å². The summed E-state index contributed by atoms with van der Waals surface area (Å²) in [6, 6.07) is 14.8. The van der Waals surface area contributed by atoms with Crippen LogP contribution < -0.4 is 15.4 Å². The fraction of sp³-hybridized carbons (Fsp3) is 0.516. The zero-order valence-electron chi connectivity index (χ0n) is 23.6. The molecule has 0 aliphatic carbocycles. The van der Waals surface area contributed by atoms with Gasteiger partial charge >= 0.3 is 0 Å². The molecule has 2 aromatic rings. The summed E-state index contributed by atoms with van der Waals surface area (Å²) < 4.78 is 11.3. The highest BCUT2D eigenvalue weighted by atomic mass is 16.5. The van der Waals surface area contributed by atoms with Gasteiger partial charge in [-0.15, -0.1) is 0 Å². The van der Waals surface area contributed by atoms with Crippen LogP contribution >= 0.6 is 0 Å². The Morgan fingerprint density at radius 1 is 1.12 bits per heavy atom. The largest absolute Gasteiger partial charge is 0.493 e. The van der Waals surface area contributed by atoms with Crippen molar-refractivity contribution < 1.29 is 19.1 Å². The number of nitrogens with one attached hydrogen (secondary N) is 3. The monoisotopic (exact) mass is 547 g/mol. The Morgan fingerprint density at radius 2 is 1.90 bits per heavy atom. The van der Waals surface area contributed by atoms with E-state index in [4.69, 9.17) is 14.9 Å². The number of nitrogens with zero attached hydrogens (tertiary/aromatic N) is 2. The lowest BCUT2D eigenvalue weighted by molar-refractivity contribution is -0.133. The normalized spacial score (nSPS) is 21.6. The number of carbonyl (C=O) groups is 2. The second kappa shape index (κ2) is 12.4. The van der Waals surface area contributed by atoms with Crippen LogP contribution in [-0.2, 0) is 9.53 Å². The maximum Gasteiger partial charge on any atom is 0.251 e. The zero-order valence-corrected chi connectivity index (χ0v) is 23.6. The average Bonchev–Trinajstić information content (AvgIpc) is 2.99. The van der Waals surface area contributed by atoms with Gasteiger partial charge in [-0.25, -0.2) is 0 Å². The van der Waals surface area contributed by atoms with Crippen LogP contribution in [0.25, 0.3) is 0 Å². The quantitative estimate of drug-likeness (QED) is 0.438. The fourth-order valence-corrected chi connectivity index (χ4v) is 6.06. The SMILES string of the molecule is CCC1(CC)CC(=O)N(C(CCN2CCOCC2)c2cccc(C(=O)N[C@H]3CCOc4ccccc43)c2)C(=N)N1. The third-order valence-electron chi connectivity index (χ3n) is 8.67. The van der Waals surface area contributed by atoms with Crippen molar-refractivity contribution in [2.75, 3.05) is 39.5 Å². The van der Waals surface area contributed by atoms with Crippen molar-refractivity contribution >= 4 is 17.8 Å². The van der Waals surface area contributed by atoms with E-state index >= 15 is 0 Å². The summed E-state index contributed by atoms with van der Waals surface area (Å²) in [6.07, 6.45) is 3.25. The molecule has 0 aromatic heterocycles. The smallest absolute Gasteiger partial charge is 0.251 e. The Hall–Kier alpha value is -3.43. The first-order valence-electron chi connectivity index (χ1n) is 14.5. The predicted molar refractivity (Wildman–Crippen MR) is 153 cm³/mol. The minimum Gasteiger partial charge on any atom is -0.493 e. The summed E-state index contributed by atoms with van der Waals surface area (Å²) in [4.78, 5) is 31.0. The minimum atomic E-state index is -0.388. The van der Waals surface area contributed by atoms with E-state index in [-0.39, 0.29) is 35.4 Å². The molecule has 214 valence electrons. The van der Waals surface area contributed by atoms with Gasteiger partial charge in [0.05, 0.1) is 38.3 Å². The number of fused-ring (bicyclic) bond motifs is 1. The highest BCUT2D eigenvalue weighted by Gasteiger charge is 2.42. The van der Waals surface area contributed by atoms with Crippen molar-refractivity contribution in [3.63, 3.8) is 0 Å². The number of hydrogen-bond acceptors (Lipinski definition) is 6. The Labute approximate surface area is 236 Å². The van der Waals surface area contributed by atoms with E-state index in [1.54, 1.807) is 4.90 Å². The van der Waals surface area contributed by atoms with Crippen LogP contribution in [0.1, 0.15) is 79.5 Å². The molecule has 2 aromatic carbocycles. The molecule has 2 atom stereocenters. The number of para-hydroxylation sites is 1. The van der Waals surface area contributed by atoms with Crippen LogP contribution in [0, 0.1) is 5.41 Å². The van der Waals surface area contributed by atoms with Crippen molar-refractivity contribution in [2.24, 2.45) is 0 Å². The van der Waals surface area contributed by atoms with E-state index in [9.17, 15) is 9.59 Å². The molecule has 2 amide bonds. The van der Waals surface area contributed by atoms with Crippen molar-refractivity contribution in [2.45, 2.75) is 63.6 Å². The molecular weight excluding hydrogens is 506 g/mol. The van der Waals surface area contributed by atoms with Crippen LogP contribution in [-0.4, -0.2) is 72.6 Å². The maximum atomic E-state index is 13.6. The van der Waals surface area contributed by atoms with Gasteiger partial charge < -0.3 is 20.1 Å². The lowest BCUT2D eigenvalue weighted by atomic mass is 9.86. The van der Waals surface area contributed by atoms with Crippen LogP contribution in [0.4, 0.5) is 0 Å². The fourth-order valence-electron chi connectivity index (χ4n) is 6.06. The van der Waals surface area contributed by atoms with Crippen molar-refractivity contribution in [3.8, 4) is 5.75 Å². The molecule has 9 nitrogen and oxygen atoms in total. The summed E-state index contributed by atoms with van der Waals surface area (Å²) in [5, 5.41) is 15.4. The molecule has 3 N–H and O–H groups in total. The molecule has 0 radical (unpaired) electrons. The number of ether oxygens (including phenoxy) is 2. The molecule has 2 fully saturated rings. The van der Waals surface area contributed by atoms with E-state index in [1.165, 1.54) is 0 Å². The summed E-state index contributed by atoms with van der Waals surface area (Å²) in [5.74, 6) is 0.735. The number of carbonyl (C=O) groups excluding carboxylic acids is 2. The Balaban J connectivity index is 1.39. The van der Waals surface area contributed by atoms with E-state index in [1.807, 2.05) is 48.5 Å². The van der Waals surface area contributed by atoms with Crippen LogP contribution in [0.3, 0.4) is 0 Å². The zero-order chi connectivity index (χ0) is 28.1. The van der Waals surface area contributed by atoms with Gasteiger partial charge in [0.2, 0.25) is 5.91 Å². The van der Waals surface area contributed by atoms with Gasteiger partial charge in [-0.05, 0) is 43.0 Å². The van der Waals surface area contributed by atoms with Crippen LogP contribution in [0.15, 0.2) is 48.5 Å². The molecular formula is C31H41N5O4. The predicted octanol–water partition coefficient (Wildman–Crippen LogP) is 4.02. The second-order valence-corrected chi connectivity index (χ2v) is 11.0. The molecule has 0 bridgehead atoms. The Morgan fingerprint density at radius 3 is 2.65 bits per heavy atom. The molecule has 0 saturated carbocycles. The third kappa shape index (κ3) is 6.00. The topological polar surface area (TPSA) is 107 Å². The van der Waals surface area contributed by atoms with E-state index in [2.05, 4.69) is 29.4 Å². The molecule has 3 aliphatic heterocycles. The molecule has 3 heterocycles. The van der Waals surface area contributed by atoms with Gasteiger partial charge in [0.1, 0.15) is 5.75 Å². The van der Waals surface area contributed by atoms with Crippen molar-refractivity contribution in [1.29, 1.82) is 5.41 Å². The summed E-state index contributed by atoms with van der Waals surface area (Å²) in [7, 11) is 0. The molecule has 0 spiro atoms. The Kier molecular flexibility index (Phi) is 8.71. The minimum absolute atomic E-state index is 0.0481. The first kappa shape index (κ1) is 28.1. The number of amides is 2. The van der Waals surface area contributed by atoms with Gasteiger partial charge in [-0.1, -0.05) is 44.2 Å². The van der Waals surface area contributed by atoms with Gasteiger partial charge in [0, 0.05) is 42.7 Å². The standard InChI is InChI=1S/C31H41N5O4/c1-3-31(4-2)21-28(37)36(30(32)34-31)26(12-14-35-15-18-39-19-16-35)22-8-7-9-23(20-22)29(38)33-25-13-17-40-27-11-6-5-10-24(25)27/h5-11,20,25-26H,3-4,12-19,21H2,1-2H3,(H2,32,34)(H,33,38)/t25-,26?/m0/s1. The first-order valence-corrected chi connectivity index (χ1v) is 14.5. The van der Waals surface area contributed by atoms with Crippen molar-refractivity contribution in [1.82, 2.24) is 20.4 Å². The van der Waals surface area contributed by atoms with E-state index < -0.39 is 0 Å². The van der Waals surface area contributed by atoms with Crippen LogP contribution in [0.5, 0.6) is 5.75 Å². The molecule has 40 heavy (non-hydrogen) atoms. The lowest BCUT2D eigenvalue weighted by Gasteiger charge is -2.45. The van der Waals surface area contributed by atoms with Gasteiger partial charge in [0.15, 0.2) is 5.96 Å². The lowest BCUT2D eigenvalue weighted by Crippen LogP contribution is -2.62. The maximum absolute atomic E-state index is 13.6. The summed E-state index contributed by atoms with van der Waals surface area (Å²) >= 11 is 0. The molecule has 5 rings (SSSR count). The number of benzene rings is 2. The highest BCUT2D eigenvalue weighted by Crippen LogP contribution is 2.34.